The van der Waals surface area contributed by atoms with Crippen molar-refractivity contribution in [3.63, 3.8) is 0 Å². The maximum Gasteiger partial charge on any atom is 0.306 e. The van der Waals surface area contributed by atoms with E-state index in [1.807, 2.05) is 6.08 Å². The van der Waals surface area contributed by atoms with Crippen molar-refractivity contribution in [2.24, 2.45) is 17.3 Å². The SMILES string of the molecule is C=CC12CCCC(C)(C)[C@H]1[C@H](C)CC(=O)O2. The maximum atomic E-state index is 11.6. The minimum atomic E-state index is -0.392. The summed E-state index contributed by atoms with van der Waals surface area (Å²) in [6.07, 6.45) is 5.72. The number of esters is 1. The second-order valence-corrected chi connectivity index (χ2v) is 6.13. The molecule has 0 amide bonds. The molecule has 1 saturated carbocycles. The summed E-state index contributed by atoms with van der Waals surface area (Å²) in [6, 6.07) is 0. The molecule has 2 rings (SSSR count). The number of carbonyl (C=O) groups excluding carboxylic acids is 1. The number of fused-ring (bicyclic) bond motifs is 1. The van der Waals surface area contributed by atoms with Crippen LogP contribution in [-0.2, 0) is 9.53 Å². The van der Waals surface area contributed by atoms with Gasteiger partial charge in [0.05, 0.1) is 0 Å². The fourth-order valence-electron chi connectivity index (χ4n) is 4.06. The van der Waals surface area contributed by atoms with Gasteiger partial charge in [0.1, 0.15) is 5.60 Å². The molecule has 1 aliphatic heterocycles. The van der Waals surface area contributed by atoms with Crippen molar-refractivity contribution in [2.45, 2.75) is 52.1 Å². The summed E-state index contributed by atoms with van der Waals surface area (Å²) < 4.78 is 5.68. The van der Waals surface area contributed by atoms with Crippen molar-refractivity contribution < 1.29 is 9.53 Å². The van der Waals surface area contributed by atoms with E-state index in [1.54, 1.807) is 0 Å². The van der Waals surface area contributed by atoms with Crippen LogP contribution in [0.1, 0.15) is 46.5 Å². The van der Waals surface area contributed by atoms with E-state index in [0.717, 1.165) is 12.8 Å². The van der Waals surface area contributed by atoms with Gasteiger partial charge in [0.2, 0.25) is 0 Å². The first-order chi connectivity index (χ1) is 7.41. The van der Waals surface area contributed by atoms with Gasteiger partial charge >= 0.3 is 5.97 Å². The highest BCUT2D eigenvalue weighted by Crippen LogP contribution is 2.54. The molecule has 1 unspecified atom stereocenters. The molecule has 0 aromatic rings. The van der Waals surface area contributed by atoms with E-state index < -0.39 is 5.60 Å². The third-order valence-corrected chi connectivity index (χ3v) is 4.46. The van der Waals surface area contributed by atoms with Crippen LogP contribution in [0.3, 0.4) is 0 Å². The van der Waals surface area contributed by atoms with Gasteiger partial charge in [-0.05, 0) is 36.7 Å². The van der Waals surface area contributed by atoms with E-state index in [9.17, 15) is 4.79 Å². The van der Waals surface area contributed by atoms with E-state index >= 15 is 0 Å². The summed E-state index contributed by atoms with van der Waals surface area (Å²) in [6.45, 7) is 10.7. The van der Waals surface area contributed by atoms with E-state index in [2.05, 4.69) is 27.4 Å². The Kier molecular flexibility index (Phi) is 2.64. The lowest BCUT2D eigenvalue weighted by Crippen LogP contribution is -2.56. The van der Waals surface area contributed by atoms with Crippen LogP contribution in [0.4, 0.5) is 0 Å². The lowest BCUT2D eigenvalue weighted by molar-refractivity contribution is -0.192. The summed E-state index contributed by atoms with van der Waals surface area (Å²) >= 11 is 0. The van der Waals surface area contributed by atoms with Gasteiger partial charge in [-0.1, -0.05) is 27.4 Å². The molecule has 0 N–H and O–H groups in total. The molecule has 2 aliphatic rings. The van der Waals surface area contributed by atoms with Crippen molar-refractivity contribution >= 4 is 5.97 Å². The zero-order valence-electron chi connectivity index (χ0n) is 10.6. The molecule has 2 fully saturated rings. The monoisotopic (exact) mass is 222 g/mol. The summed E-state index contributed by atoms with van der Waals surface area (Å²) in [4.78, 5) is 11.6. The van der Waals surface area contributed by atoms with Gasteiger partial charge in [0.25, 0.3) is 0 Å². The highest BCUT2D eigenvalue weighted by molar-refractivity contribution is 5.71. The van der Waals surface area contributed by atoms with Crippen molar-refractivity contribution in [3.8, 4) is 0 Å². The third-order valence-electron chi connectivity index (χ3n) is 4.46. The fraction of sp³-hybridized carbons (Fsp3) is 0.786. The summed E-state index contributed by atoms with van der Waals surface area (Å²) in [7, 11) is 0. The molecule has 3 atom stereocenters. The Morgan fingerprint density at radius 3 is 2.75 bits per heavy atom. The van der Waals surface area contributed by atoms with Gasteiger partial charge in [0, 0.05) is 12.3 Å². The summed E-state index contributed by atoms with van der Waals surface area (Å²) in [5.41, 5.74) is -0.150. The molecule has 0 aromatic carbocycles. The minimum absolute atomic E-state index is 0.0543. The second-order valence-electron chi connectivity index (χ2n) is 6.13. The van der Waals surface area contributed by atoms with Crippen LogP contribution in [0, 0.1) is 17.3 Å². The van der Waals surface area contributed by atoms with Crippen LogP contribution in [-0.4, -0.2) is 11.6 Å². The Morgan fingerprint density at radius 2 is 2.12 bits per heavy atom. The van der Waals surface area contributed by atoms with Crippen LogP contribution in [0.2, 0.25) is 0 Å². The van der Waals surface area contributed by atoms with Crippen molar-refractivity contribution in [3.05, 3.63) is 12.7 Å². The van der Waals surface area contributed by atoms with Crippen molar-refractivity contribution in [1.82, 2.24) is 0 Å². The average molecular weight is 222 g/mol. The van der Waals surface area contributed by atoms with Gasteiger partial charge in [-0.25, -0.2) is 0 Å². The Hall–Kier alpha value is -0.790. The van der Waals surface area contributed by atoms with Gasteiger partial charge in [0.15, 0.2) is 0 Å². The molecule has 0 aromatic heterocycles. The van der Waals surface area contributed by atoms with Crippen LogP contribution in [0.25, 0.3) is 0 Å². The van der Waals surface area contributed by atoms with Gasteiger partial charge < -0.3 is 4.74 Å². The maximum absolute atomic E-state index is 11.6. The predicted octanol–water partition coefficient (Wildman–Crippen LogP) is 3.32. The van der Waals surface area contributed by atoms with Crippen molar-refractivity contribution in [2.75, 3.05) is 0 Å². The largest absolute Gasteiger partial charge is 0.454 e. The zero-order valence-corrected chi connectivity index (χ0v) is 10.6. The molecular formula is C14H22O2. The second kappa shape index (κ2) is 3.61. The topological polar surface area (TPSA) is 26.3 Å². The minimum Gasteiger partial charge on any atom is -0.454 e. The first kappa shape index (κ1) is 11.7. The van der Waals surface area contributed by atoms with Crippen LogP contribution in [0.5, 0.6) is 0 Å². The quantitative estimate of drug-likeness (QED) is 0.502. The molecule has 0 bridgehead atoms. The van der Waals surface area contributed by atoms with Crippen LogP contribution < -0.4 is 0 Å². The molecule has 16 heavy (non-hydrogen) atoms. The van der Waals surface area contributed by atoms with E-state index in [1.165, 1.54) is 6.42 Å². The Balaban J connectivity index is 2.41. The van der Waals surface area contributed by atoms with Gasteiger partial charge in [-0.2, -0.15) is 0 Å². The first-order valence-electron chi connectivity index (χ1n) is 6.27. The first-order valence-corrected chi connectivity index (χ1v) is 6.27. The Bertz CT molecular complexity index is 319. The number of hydrogen-bond acceptors (Lipinski definition) is 2. The molecule has 90 valence electrons. The number of hydrogen-bond donors (Lipinski definition) is 0. The number of rotatable bonds is 1. The molecular weight excluding hydrogens is 200 g/mol. The normalized spacial score (nSPS) is 42.1. The Labute approximate surface area is 98.1 Å². The van der Waals surface area contributed by atoms with Crippen molar-refractivity contribution in [1.29, 1.82) is 0 Å². The molecule has 0 radical (unpaired) electrons. The molecule has 0 spiro atoms. The predicted molar refractivity (Wildman–Crippen MR) is 63.9 cm³/mol. The molecule has 1 saturated heterocycles. The van der Waals surface area contributed by atoms with Crippen LogP contribution >= 0.6 is 0 Å². The van der Waals surface area contributed by atoms with Gasteiger partial charge in [-0.3, -0.25) is 4.79 Å². The highest BCUT2D eigenvalue weighted by Gasteiger charge is 2.55. The number of ether oxygens (including phenoxy) is 1. The third kappa shape index (κ3) is 1.59. The van der Waals surface area contributed by atoms with E-state index in [-0.39, 0.29) is 11.4 Å². The smallest absolute Gasteiger partial charge is 0.306 e. The lowest BCUT2D eigenvalue weighted by atomic mass is 9.56. The van der Waals surface area contributed by atoms with E-state index in [0.29, 0.717) is 18.3 Å². The fourth-order valence-corrected chi connectivity index (χ4v) is 4.06. The lowest BCUT2D eigenvalue weighted by Gasteiger charge is -2.55. The summed E-state index contributed by atoms with van der Waals surface area (Å²) in [5.74, 6) is 0.764. The molecule has 2 nitrogen and oxygen atoms in total. The standard InChI is InChI=1S/C14H22O2/c1-5-14-8-6-7-13(3,4)12(14)10(2)9-11(15)16-14/h5,10,12H,1,6-9H2,2-4H3/t10-,12-,14?/m1/s1. The zero-order chi connectivity index (χ0) is 12.0. The average Bonchev–Trinajstić information content (AvgIpc) is 2.14. The molecule has 2 heteroatoms. The molecule has 1 aliphatic carbocycles. The van der Waals surface area contributed by atoms with E-state index in [4.69, 9.17) is 4.74 Å². The Morgan fingerprint density at radius 1 is 1.44 bits per heavy atom. The van der Waals surface area contributed by atoms with Gasteiger partial charge in [-0.15, -0.1) is 0 Å². The highest BCUT2D eigenvalue weighted by atomic mass is 16.6. The number of carbonyl (C=O) groups is 1. The molecule has 1 heterocycles. The summed E-state index contributed by atoms with van der Waals surface area (Å²) in [5, 5.41) is 0. The van der Waals surface area contributed by atoms with Crippen LogP contribution in [0.15, 0.2) is 12.7 Å².